The second kappa shape index (κ2) is 3.47. The Morgan fingerprint density at radius 3 is 2.12 bits per heavy atom. The van der Waals surface area contributed by atoms with E-state index in [2.05, 4.69) is 0 Å². The van der Waals surface area contributed by atoms with Crippen molar-refractivity contribution in [3.8, 4) is 5.75 Å². The number of hydrogen-bond donors (Lipinski definition) is 1. The molecule has 1 heterocycles. The van der Waals surface area contributed by atoms with Crippen LogP contribution in [0, 0.1) is 5.21 Å². The summed E-state index contributed by atoms with van der Waals surface area (Å²) in [7, 11) is 0. The van der Waals surface area contributed by atoms with Gasteiger partial charge in [0.15, 0.2) is 0 Å². The summed E-state index contributed by atoms with van der Waals surface area (Å²) in [5, 5.41) is 22.7. The van der Waals surface area contributed by atoms with Gasteiger partial charge in [-0.15, -0.1) is 0 Å². The van der Waals surface area contributed by atoms with Gasteiger partial charge in [0.1, 0.15) is 5.75 Å². The Balaban J connectivity index is 2.37. The molecule has 1 N–H and O–H groups in total. The van der Waals surface area contributed by atoms with Crippen LogP contribution in [0.4, 0.5) is 0 Å². The number of nitrogens with zero attached hydrogens (tertiary/aromatic N) is 1. The van der Waals surface area contributed by atoms with E-state index in [1.807, 2.05) is 32.9 Å². The molecule has 2 rings (SSSR count). The Labute approximate surface area is 96.3 Å². The minimum absolute atomic E-state index is 0.238. The summed E-state index contributed by atoms with van der Waals surface area (Å²) < 4.78 is 0. The van der Waals surface area contributed by atoms with Crippen molar-refractivity contribution in [3.05, 3.63) is 35.0 Å². The number of benzene rings is 1. The number of rotatable bonds is 1. The molecule has 3 heteroatoms. The van der Waals surface area contributed by atoms with Crippen LogP contribution in [0.15, 0.2) is 24.3 Å². The average Bonchev–Trinajstić information content (AvgIpc) is 2.45. The summed E-state index contributed by atoms with van der Waals surface area (Å²) in [6.07, 6.45) is 1.75. The van der Waals surface area contributed by atoms with Crippen molar-refractivity contribution in [2.45, 2.75) is 44.7 Å². The fraction of sp³-hybridized carbons (Fsp3) is 0.538. The molecule has 0 aliphatic carbocycles. The molecule has 0 bridgehead atoms. The number of phenols is 1. The van der Waals surface area contributed by atoms with E-state index < -0.39 is 5.54 Å². The second-order valence-corrected chi connectivity index (χ2v) is 5.43. The summed E-state index contributed by atoms with van der Waals surface area (Å²) in [4.78, 5) is 0. The molecular formula is C13H18NO2-. The minimum Gasteiger partial charge on any atom is -0.784 e. The van der Waals surface area contributed by atoms with Gasteiger partial charge < -0.3 is 15.4 Å². The van der Waals surface area contributed by atoms with E-state index in [0.717, 1.165) is 18.4 Å². The molecule has 1 aliphatic heterocycles. The molecule has 0 aromatic heterocycles. The zero-order valence-electron chi connectivity index (χ0n) is 10.0. The lowest BCUT2D eigenvalue weighted by Gasteiger charge is -2.48. The van der Waals surface area contributed by atoms with E-state index in [1.54, 1.807) is 12.1 Å². The highest BCUT2D eigenvalue weighted by Crippen LogP contribution is 2.46. The Bertz CT molecular complexity index is 385. The Kier molecular flexibility index (Phi) is 2.48. The van der Waals surface area contributed by atoms with Crippen molar-refractivity contribution in [1.82, 2.24) is 5.06 Å². The summed E-state index contributed by atoms with van der Waals surface area (Å²) in [6.45, 7) is 5.93. The van der Waals surface area contributed by atoms with E-state index in [9.17, 15) is 10.3 Å². The normalized spacial score (nSPS) is 29.5. The number of phenolic OH excluding ortho intramolecular Hbond substituents is 1. The lowest BCUT2D eigenvalue weighted by Crippen LogP contribution is -2.43. The SMILES string of the molecule is CC1(C)CC[C@@](C)(c2ccc(O)cc2)N1[O-]. The smallest absolute Gasteiger partial charge is 0.115 e. The third kappa shape index (κ3) is 1.60. The van der Waals surface area contributed by atoms with Crippen LogP contribution < -0.4 is 0 Å². The lowest BCUT2D eigenvalue weighted by molar-refractivity contribution is 0.129. The first-order valence-corrected chi connectivity index (χ1v) is 5.63. The maximum atomic E-state index is 12.3. The molecule has 1 aromatic carbocycles. The van der Waals surface area contributed by atoms with Gasteiger partial charge in [0, 0.05) is 11.1 Å². The summed E-state index contributed by atoms with van der Waals surface area (Å²) >= 11 is 0. The van der Waals surface area contributed by atoms with Crippen LogP contribution >= 0.6 is 0 Å². The van der Waals surface area contributed by atoms with Crippen molar-refractivity contribution in [2.24, 2.45) is 0 Å². The number of aromatic hydroxyl groups is 1. The van der Waals surface area contributed by atoms with E-state index in [0.29, 0.717) is 0 Å². The van der Waals surface area contributed by atoms with Gasteiger partial charge in [0.05, 0.1) is 0 Å². The van der Waals surface area contributed by atoms with E-state index in [1.165, 1.54) is 5.06 Å². The fourth-order valence-electron chi connectivity index (χ4n) is 2.50. The number of hydroxylamine groups is 2. The molecule has 0 saturated carbocycles. The first kappa shape index (κ1) is 11.4. The lowest BCUT2D eigenvalue weighted by atomic mass is 9.90. The van der Waals surface area contributed by atoms with Crippen LogP contribution in [-0.2, 0) is 5.54 Å². The maximum Gasteiger partial charge on any atom is 0.115 e. The molecule has 1 atom stereocenters. The Hall–Kier alpha value is -1.06. The minimum atomic E-state index is -0.461. The first-order chi connectivity index (χ1) is 7.36. The van der Waals surface area contributed by atoms with Gasteiger partial charge in [-0.2, -0.15) is 0 Å². The Morgan fingerprint density at radius 1 is 1.12 bits per heavy atom. The summed E-state index contributed by atoms with van der Waals surface area (Å²) in [5.41, 5.74) is 0.218. The monoisotopic (exact) mass is 220 g/mol. The van der Waals surface area contributed by atoms with Crippen molar-refractivity contribution in [2.75, 3.05) is 0 Å². The van der Waals surface area contributed by atoms with Crippen LogP contribution in [0.1, 0.15) is 39.2 Å². The third-order valence-corrected chi connectivity index (χ3v) is 3.71. The quantitative estimate of drug-likeness (QED) is 0.791. The van der Waals surface area contributed by atoms with Crippen molar-refractivity contribution >= 4 is 0 Å². The first-order valence-electron chi connectivity index (χ1n) is 5.63. The highest BCUT2D eigenvalue weighted by Gasteiger charge is 2.42. The molecule has 0 amide bonds. The van der Waals surface area contributed by atoms with Gasteiger partial charge in [0.25, 0.3) is 0 Å². The zero-order chi connectivity index (χ0) is 12.0. The number of hydrogen-bond acceptors (Lipinski definition) is 3. The third-order valence-electron chi connectivity index (χ3n) is 3.71. The van der Waals surface area contributed by atoms with Crippen molar-refractivity contribution < 1.29 is 5.11 Å². The zero-order valence-corrected chi connectivity index (χ0v) is 10.0. The highest BCUT2D eigenvalue weighted by atomic mass is 16.5. The van der Waals surface area contributed by atoms with Gasteiger partial charge in [-0.3, -0.25) is 0 Å². The molecular weight excluding hydrogens is 202 g/mol. The van der Waals surface area contributed by atoms with Gasteiger partial charge in [-0.25, -0.2) is 0 Å². The van der Waals surface area contributed by atoms with Crippen molar-refractivity contribution in [1.29, 1.82) is 0 Å². The molecule has 1 saturated heterocycles. The second-order valence-electron chi connectivity index (χ2n) is 5.43. The standard InChI is InChI=1S/C13H18NO2/c1-12(2)8-9-13(3,14(12)16)10-4-6-11(15)7-5-10/h4-7,15H,8-9H2,1-3H3/q-1/t13-/m0/s1. The van der Waals surface area contributed by atoms with Crippen LogP contribution in [0.2, 0.25) is 0 Å². The van der Waals surface area contributed by atoms with E-state index in [4.69, 9.17) is 0 Å². The van der Waals surface area contributed by atoms with Gasteiger partial charge in [-0.1, -0.05) is 12.1 Å². The molecule has 0 spiro atoms. The molecule has 16 heavy (non-hydrogen) atoms. The van der Waals surface area contributed by atoms with Crippen LogP contribution in [0.5, 0.6) is 5.75 Å². The highest BCUT2D eigenvalue weighted by molar-refractivity contribution is 5.32. The predicted octanol–water partition coefficient (Wildman–Crippen LogP) is 2.98. The van der Waals surface area contributed by atoms with Gasteiger partial charge >= 0.3 is 0 Å². The van der Waals surface area contributed by atoms with E-state index in [-0.39, 0.29) is 11.3 Å². The summed E-state index contributed by atoms with van der Waals surface area (Å²) in [6, 6.07) is 6.95. The fourth-order valence-corrected chi connectivity index (χ4v) is 2.50. The maximum absolute atomic E-state index is 12.3. The molecule has 0 radical (unpaired) electrons. The van der Waals surface area contributed by atoms with Gasteiger partial charge in [0.2, 0.25) is 0 Å². The molecule has 88 valence electrons. The predicted molar refractivity (Wildman–Crippen MR) is 64.0 cm³/mol. The molecule has 0 unspecified atom stereocenters. The molecule has 1 fully saturated rings. The molecule has 1 aliphatic rings. The topological polar surface area (TPSA) is 46.5 Å². The van der Waals surface area contributed by atoms with Crippen LogP contribution in [-0.4, -0.2) is 15.7 Å². The van der Waals surface area contributed by atoms with Gasteiger partial charge in [-0.05, 0) is 51.3 Å². The largest absolute Gasteiger partial charge is 0.784 e. The molecule has 3 nitrogen and oxygen atoms in total. The average molecular weight is 220 g/mol. The van der Waals surface area contributed by atoms with Crippen LogP contribution in [0.25, 0.3) is 0 Å². The van der Waals surface area contributed by atoms with Crippen LogP contribution in [0.3, 0.4) is 0 Å². The molecule has 1 aromatic rings. The Morgan fingerprint density at radius 2 is 1.69 bits per heavy atom. The summed E-state index contributed by atoms with van der Waals surface area (Å²) in [5.74, 6) is 0.238. The van der Waals surface area contributed by atoms with E-state index >= 15 is 0 Å². The van der Waals surface area contributed by atoms with Crippen molar-refractivity contribution in [3.63, 3.8) is 0 Å².